The first kappa shape index (κ1) is 18.6. The largest absolute Gasteiger partial charge is 0.460 e. The number of esters is 2. The van der Waals surface area contributed by atoms with Crippen molar-refractivity contribution in [2.75, 3.05) is 6.54 Å². The molecule has 0 radical (unpaired) electrons. The molecule has 6 nitrogen and oxygen atoms in total. The molecule has 154 valence electrons. The molecule has 5 aliphatic rings. The second-order valence-corrected chi connectivity index (χ2v) is 9.39. The second kappa shape index (κ2) is 6.56. The van der Waals surface area contributed by atoms with Gasteiger partial charge >= 0.3 is 11.9 Å². The first-order chi connectivity index (χ1) is 13.4. The average Bonchev–Trinajstić information content (AvgIpc) is 3.33. The van der Waals surface area contributed by atoms with E-state index in [0.717, 1.165) is 45.1 Å². The molecule has 8 atom stereocenters. The fourth-order valence-electron chi connectivity index (χ4n) is 6.64. The molecule has 0 aromatic heterocycles. The summed E-state index contributed by atoms with van der Waals surface area (Å²) in [4.78, 5) is 26.7. The van der Waals surface area contributed by atoms with Crippen LogP contribution in [0.4, 0.5) is 0 Å². The number of nitrogens with zero attached hydrogens (tertiary/aromatic N) is 1. The van der Waals surface area contributed by atoms with E-state index in [0.29, 0.717) is 23.6 Å². The van der Waals surface area contributed by atoms with Crippen LogP contribution in [-0.4, -0.2) is 53.5 Å². The Morgan fingerprint density at radius 3 is 2.61 bits per heavy atom. The van der Waals surface area contributed by atoms with E-state index in [1.165, 1.54) is 0 Å². The van der Waals surface area contributed by atoms with Crippen LogP contribution in [0.25, 0.3) is 0 Å². The van der Waals surface area contributed by atoms with Crippen molar-refractivity contribution in [1.82, 2.24) is 4.90 Å². The van der Waals surface area contributed by atoms with Crippen molar-refractivity contribution in [2.45, 2.75) is 89.4 Å². The summed E-state index contributed by atoms with van der Waals surface area (Å²) < 4.78 is 18.1. The number of fused-ring (bicyclic) bond motifs is 3. The van der Waals surface area contributed by atoms with Crippen LogP contribution in [0.3, 0.4) is 0 Å². The van der Waals surface area contributed by atoms with E-state index in [1.54, 1.807) is 0 Å². The third kappa shape index (κ3) is 2.60. The lowest BCUT2D eigenvalue weighted by Gasteiger charge is -2.37. The highest BCUT2D eigenvalue weighted by Crippen LogP contribution is 2.54. The van der Waals surface area contributed by atoms with Crippen LogP contribution in [-0.2, 0) is 23.8 Å². The van der Waals surface area contributed by atoms with Crippen molar-refractivity contribution in [3.05, 3.63) is 11.6 Å². The Bertz CT molecular complexity index is 720. The molecule has 5 heterocycles. The number of carbonyl (C=O) groups excluding carboxylic acids is 2. The van der Waals surface area contributed by atoms with Gasteiger partial charge in [0.05, 0.1) is 12.0 Å². The number of cyclic esters (lactones) is 1. The van der Waals surface area contributed by atoms with Gasteiger partial charge in [0.2, 0.25) is 5.79 Å². The summed E-state index contributed by atoms with van der Waals surface area (Å²) in [7, 11) is 0. The highest BCUT2D eigenvalue weighted by Gasteiger charge is 2.62. The number of ether oxygens (including phenoxy) is 3. The van der Waals surface area contributed by atoms with Crippen LogP contribution >= 0.6 is 0 Å². The molecule has 6 heteroatoms. The molecular weight excluding hydrogens is 358 g/mol. The third-order valence-corrected chi connectivity index (χ3v) is 7.82. The zero-order chi connectivity index (χ0) is 19.6. The fraction of sp³-hybridized carbons (Fsp3) is 0.818. The summed E-state index contributed by atoms with van der Waals surface area (Å²) in [5, 5.41) is 0. The van der Waals surface area contributed by atoms with E-state index in [1.807, 2.05) is 19.9 Å². The molecule has 0 aromatic carbocycles. The van der Waals surface area contributed by atoms with Crippen LogP contribution in [0.5, 0.6) is 0 Å². The summed E-state index contributed by atoms with van der Waals surface area (Å²) >= 11 is 0. The van der Waals surface area contributed by atoms with E-state index in [4.69, 9.17) is 14.2 Å². The molecule has 1 spiro atoms. The molecule has 28 heavy (non-hydrogen) atoms. The molecule has 0 aliphatic carbocycles. The maximum atomic E-state index is 12.2. The van der Waals surface area contributed by atoms with Crippen LogP contribution in [0.2, 0.25) is 0 Å². The second-order valence-electron chi connectivity index (χ2n) is 9.39. The highest BCUT2D eigenvalue weighted by molar-refractivity contribution is 5.90. The SMILES string of the molecule is CC[C@H]1[C@H]2[C@@H](CCCN3[C@H](C4C[C@H](C)C(=O)O4)CC[C@@H]23)O[C@]12C=C(C)C(=O)O2. The van der Waals surface area contributed by atoms with Crippen LogP contribution in [0.15, 0.2) is 11.6 Å². The number of carbonyl (C=O) groups is 2. The normalized spacial score (nSPS) is 48.2. The maximum absolute atomic E-state index is 12.2. The van der Waals surface area contributed by atoms with Crippen molar-refractivity contribution >= 4 is 11.9 Å². The van der Waals surface area contributed by atoms with E-state index in [2.05, 4.69) is 11.8 Å². The first-order valence-corrected chi connectivity index (χ1v) is 11.0. The van der Waals surface area contributed by atoms with Crippen LogP contribution in [0.1, 0.15) is 59.3 Å². The van der Waals surface area contributed by atoms with Crippen molar-refractivity contribution in [3.8, 4) is 0 Å². The minimum Gasteiger partial charge on any atom is -0.460 e. The maximum Gasteiger partial charge on any atom is 0.336 e. The lowest BCUT2D eigenvalue weighted by Crippen LogP contribution is -2.48. The van der Waals surface area contributed by atoms with Gasteiger partial charge in [-0.1, -0.05) is 13.8 Å². The predicted molar refractivity (Wildman–Crippen MR) is 101 cm³/mol. The Labute approximate surface area is 166 Å². The smallest absolute Gasteiger partial charge is 0.336 e. The minimum absolute atomic E-state index is 0.0104. The summed E-state index contributed by atoms with van der Waals surface area (Å²) in [5.74, 6) is -0.635. The fourth-order valence-corrected chi connectivity index (χ4v) is 6.64. The minimum atomic E-state index is -0.874. The molecule has 0 bridgehead atoms. The average molecular weight is 389 g/mol. The zero-order valence-electron chi connectivity index (χ0n) is 17.1. The van der Waals surface area contributed by atoms with Gasteiger partial charge in [-0.15, -0.1) is 0 Å². The Kier molecular flexibility index (Phi) is 4.36. The monoisotopic (exact) mass is 389 g/mol. The molecule has 4 saturated heterocycles. The molecular formula is C22H31NO5. The van der Waals surface area contributed by atoms with Gasteiger partial charge in [0.25, 0.3) is 0 Å². The van der Waals surface area contributed by atoms with Crippen molar-refractivity contribution in [3.63, 3.8) is 0 Å². The van der Waals surface area contributed by atoms with E-state index >= 15 is 0 Å². The van der Waals surface area contributed by atoms with Gasteiger partial charge in [0.1, 0.15) is 6.10 Å². The Morgan fingerprint density at radius 2 is 1.96 bits per heavy atom. The number of hydrogen-bond donors (Lipinski definition) is 0. The van der Waals surface area contributed by atoms with Crippen LogP contribution < -0.4 is 0 Å². The van der Waals surface area contributed by atoms with Gasteiger partial charge in [-0.05, 0) is 58.1 Å². The topological polar surface area (TPSA) is 65.1 Å². The van der Waals surface area contributed by atoms with Crippen LogP contribution in [0, 0.1) is 17.8 Å². The van der Waals surface area contributed by atoms with Crippen molar-refractivity contribution in [1.29, 1.82) is 0 Å². The first-order valence-electron chi connectivity index (χ1n) is 11.0. The van der Waals surface area contributed by atoms with Crippen molar-refractivity contribution in [2.24, 2.45) is 17.8 Å². The lowest BCUT2D eigenvalue weighted by atomic mass is 9.77. The Hall–Kier alpha value is -1.40. The molecule has 0 aromatic rings. The molecule has 0 amide bonds. The van der Waals surface area contributed by atoms with E-state index in [9.17, 15) is 9.59 Å². The zero-order valence-corrected chi connectivity index (χ0v) is 17.1. The quantitative estimate of drug-likeness (QED) is 0.677. The van der Waals surface area contributed by atoms with Gasteiger partial charge in [0.15, 0.2) is 0 Å². The summed E-state index contributed by atoms with van der Waals surface area (Å²) in [5.41, 5.74) is 0.655. The molecule has 0 saturated carbocycles. The summed E-state index contributed by atoms with van der Waals surface area (Å²) in [6.45, 7) is 6.99. The number of hydrogen-bond acceptors (Lipinski definition) is 6. The Balaban J connectivity index is 1.43. The van der Waals surface area contributed by atoms with Gasteiger partial charge < -0.3 is 14.2 Å². The number of rotatable bonds is 2. The summed E-state index contributed by atoms with van der Waals surface area (Å²) in [6, 6.07) is 0.722. The van der Waals surface area contributed by atoms with Crippen molar-refractivity contribution < 1.29 is 23.8 Å². The molecule has 0 N–H and O–H groups in total. The lowest BCUT2D eigenvalue weighted by molar-refractivity contribution is -0.204. The van der Waals surface area contributed by atoms with E-state index in [-0.39, 0.29) is 36.0 Å². The van der Waals surface area contributed by atoms with Gasteiger partial charge in [-0.3, -0.25) is 9.69 Å². The highest BCUT2D eigenvalue weighted by atomic mass is 16.7. The molecule has 1 unspecified atom stereocenters. The standard InChI is InChI=1S/C22H31NO5/c1-4-14-19-16-8-7-15(18-10-12(2)20(24)26-18)23(16)9-5-6-17(19)27-22(14)11-13(3)21(25)28-22/h11-12,14-19H,4-10H2,1-3H3/t12-,14-,15-,16-,17+,18?,19+,22-/m0/s1. The molecule has 4 fully saturated rings. The Morgan fingerprint density at radius 1 is 1.18 bits per heavy atom. The third-order valence-electron chi connectivity index (χ3n) is 7.82. The molecule has 5 aliphatic heterocycles. The van der Waals surface area contributed by atoms with E-state index < -0.39 is 5.79 Å². The van der Waals surface area contributed by atoms with Gasteiger partial charge in [-0.25, -0.2) is 4.79 Å². The summed E-state index contributed by atoms with van der Waals surface area (Å²) in [6.07, 6.45) is 8.04. The van der Waals surface area contributed by atoms with Gasteiger partial charge in [0, 0.05) is 29.5 Å². The van der Waals surface area contributed by atoms with Gasteiger partial charge in [-0.2, -0.15) is 0 Å². The molecule has 5 rings (SSSR count). The predicted octanol–water partition coefficient (Wildman–Crippen LogP) is 2.81.